The van der Waals surface area contributed by atoms with E-state index in [0.717, 1.165) is 27.5 Å². The number of hydrogen-bond donors (Lipinski definition) is 1. The molecule has 2 aromatic carbocycles. The number of aromatic nitrogens is 1. The third-order valence-corrected chi connectivity index (χ3v) is 6.50. The molecule has 1 amide bonds. The Labute approximate surface area is 197 Å². The highest BCUT2D eigenvalue weighted by Gasteiger charge is 2.34. The number of ether oxygens (including phenoxy) is 1. The summed E-state index contributed by atoms with van der Waals surface area (Å²) in [5.74, 6) is 1.37. The van der Waals surface area contributed by atoms with Crippen molar-refractivity contribution in [3.63, 3.8) is 0 Å². The van der Waals surface area contributed by atoms with Gasteiger partial charge in [-0.25, -0.2) is 4.98 Å². The summed E-state index contributed by atoms with van der Waals surface area (Å²) in [4.78, 5) is 19.1. The smallest absolute Gasteiger partial charge is 0.277 e. The van der Waals surface area contributed by atoms with Crippen LogP contribution in [0.3, 0.4) is 0 Å². The molecule has 1 saturated heterocycles. The van der Waals surface area contributed by atoms with E-state index in [0.29, 0.717) is 16.6 Å². The Hall–Kier alpha value is -3.16. The number of thioether (sulfide) groups is 1. The van der Waals surface area contributed by atoms with Gasteiger partial charge in [-0.3, -0.25) is 9.69 Å². The van der Waals surface area contributed by atoms with Crippen molar-refractivity contribution in [2.24, 2.45) is 0 Å². The predicted molar refractivity (Wildman–Crippen MR) is 132 cm³/mol. The molecule has 0 aliphatic carbocycles. The summed E-state index contributed by atoms with van der Waals surface area (Å²) in [5, 5.41) is 4.44. The highest BCUT2D eigenvalue weighted by molar-refractivity contribution is 7.98. The summed E-state index contributed by atoms with van der Waals surface area (Å²) in [6, 6.07) is 21.4. The van der Waals surface area contributed by atoms with Crippen LogP contribution in [0.2, 0.25) is 0 Å². The number of carbonyl (C=O) groups is 1. The van der Waals surface area contributed by atoms with Crippen molar-refractivity contribution in [2.75, 3.05) is 7.11 Å². The van der Waals surface area contributed by atoms with E-state index >= 15 is 0 Å². The van der Waals surface area contributed by atoms with Crippen LogP contribution in [-0.4, -0.2) is 28.0 Å². The lowest BCUT2D eigenvalue weighted by atomic mass is 10.1. The molecule has 3 aromatic rings. The molecule has 7 heteroatoms. The van der Waals surface area contributed by atoms with E-state index in [1.807, 2.05) is 79.7 Å². The van der Waals surface area contributed by atoms with Crippen molar-refractivity contribution in [1.82, 2.24) is 15.2 Å². The molecule has 4 rings (SSSR count). The zero-order valence-corrected chi connectivity index (χ0v) is 19.5. The summed E-state index contributed by atoms with van der Waals surface area (Å²) in [5.41, 5.74) is 3.42. The van der Waals surface area contributed by atoms with Gasteiger partial charge in [0.25, 0.3) is 5.91 Å². The Bertz CT molecular complexity index is 1150. The van der Waals surface area contributed by atoms with Gasteiger partial charge in [-0.1, -0.05) is 42.5 Å². The predicted octanol–water partition coefficient (Wildman–Crippen LogP) is 5.20. The topological polar surface area (TPSA) is 54.5 Å². The quantitative estimate of drug-likeness (QED) is 0.296. The molecule has 1 aromatic heterocycles. The molecule has 0 bridgehead atoms. The van der Waals surface area contributed by atoms with E-state index in [1.165, 1.54) is 0 Å². The summed E-state index contributed by atoms with van der Waals surface area (Å²) in [6.45, 7) is 1.98. The molecule has 5 nitrogen and oxygen atoms in total. The largest absolute Gasteiger partial charge is 0.496 e. The number of thiocarbonyl (C=S) groups is 1. The maximum Gasteiger partial charge on any atom is 0.277 e. The number of rotatable bonds is 7. The first kappa shape index (κ1) is 22.0. The lowest BCUT2D eigenvalue weighted by Gasteiger charge is -2.23. The van der Waals surface area contributed by atoms with E-state index in [1.54, 1.807) is 30.0 Å². The van der Waals surface area contributed by atoms with Gasteiger partial charge >= 0.3 is 0 Å². The number of hydrogen-bond acceptors (Lipinski definition) is 5. The molecule has 0 saturated carbocycles. The second kappa shape index (κ2) is 9.97. The first-order valence-corrected chi connectivity index (χ1v) is 11.6. The van der Waals surface area contributed by atoms with Gasteiger partial charge in [0, 0.05) is 17.5 Å². The summed E-state index contributed by atoms with van der Waals surface area (Å²) in [7, 11) is 1.66. The van der Waals surface area contributed by atoms with Gasteiger partial charge in [-0.05, 0) is 60.6 Å². The van der Waals surface area contributed by atoms with Gasteiger partial charge < -0.3 is 10.1 Å². The van der Waals surface area contributed by atoms with Gasteiger partial charge in [-0.15, -0.1) is 11.8 Å². The van der Waals surface area contributed by atoms with Gasteiger partial charge in [0.1, 0.15) is 11.4 Å². The molecule has 1 unspecified atom stereocenters. The van der Waals surface area contributed by atoms with Crippen LogP contribution in [0.4, 0.5) is 0 Å². The second-order valence-corrected chi connectivity index (χ2v) is 8.66. The monoisotopic (exact) mass is 461 g/mol. The SMILES string of the molecule is COc1ccc(/C=C2\NC(=S)N(C(C)c3ccccc3)C2=O)cc1CSc1ccccn1. The van der Waals surface area contributed by atoms with Crippen molar-refractivity contribution in [1.29, 1.82) is 0 Å². The van der Waals surface area contributed by atoms with E-state index in [2.05, 4.69) is 10.3 Å². The third-order valence-electron chi connectivity index (χ3n) is 5.21. The zero-order valence-electron chi connectivity index (χ0n) is 17.8. The minimum Gasteiger partial charge on any atom is -0.496 e. The Morgan fingerprint density at radius 3 is 2.66 bits per heavy atom. The lowest BCUT2D eigenvalue weighted by molar-refractivity contribution is -0.123. The number of nitrogens with zero attached hydrogens (tertiary/aromatic N) is 2. The minimum absolute atomic E-state index is 0.133. The molecular weight excluding hydrogens is 438 g/mol. The highest BCUT2D eigenvalue weighted by atomic mass is 32.2. The minimum atomic E-state index is -0.157. The van der Waals surface area contributed by atoms with Crippen LogP contribution < -0.4 is 10.1 Å². The number of benzene rings is 2. The molecule has 2 heterocycles. The van der Waals surface area contributed by atoms with Gasteiger partial charge in [0.05, 0.1) is 18.2 Å². The van der Waals surface area contributed by atoms with Crippen molar-refractivity contribution in [3.8, 4) is 5.75 Å². The van der Waals surface area contributed by atoms with E-state index < -0.39 is 0 Å². The zero-order chi connectivity index (χ0) is 22.5. The average Bonchev–Trinajstić information content (AvgIpc) is 3.11. The molecule has 32 heavy (non-hydrogen) atoms. The van der Waals surface area contributed by atoms with Gasteiger partial charge in [0.2, 0.25) is 0 Å². The maximum atomic E-state index is 13.1. The molecule has 1 atom stereocenters. The van der Waals surface area contributed by atoms with Crippen molar-refractivity contribution in [2.45, 2.75) is 23.7 Å². The average molecular weight is 462 g/mol. The molecule has 162 valence electrons. The molecule has 1 fully saturated rings. The maximum absolute atomic E-state index is 13.1. The van der Waals surface area contributed by atoms with Gasteiger partial charge in [-0.2, -0.15) is 0 Å². The number of carbonyl (C=O) groups excluding carboxylic acids is 1. The van der Waals surface area contributed by atoms with Crippen molar-refractivity contribution < 1.29 is 9.53 Å². The fourth-order valence-corrected chi connectivity index (χ4v) is 4.72. The fraction of sp³-hybridized carbons (Fsp3) is 0.160. The molecule has 0 spiro atoms. The number of methoxy groups -OCH3 is 1. The van der Waals surface area contributed by atoms with E-state index in [9.17, 15) is 4.79 Å². The lowest BCUT2D eigenvalue weighted by Crippen LogP contribution is -2.33. The number of amides is 1. The highest BCUT2D eigenvalue weighted by Crippen LogP contribution is 2.30. The summed E-state index contributed by atoms with van der Waals surface area (Å²) >= 11 is 7.11. The van der Waals surface area contributed by atoms with Crippen molar-refractivity contribution >= 4 is 41.1 Å². The Kier molecular flexibility index (Phi) is 6.87. The van der Waals surface area contributed by atoms with Crippen LogP contribution in [-0.2, 0) is 10.5 Å². The van der Waals surface area contributed by atoms with Crippen LogP contribution in [0, 0.1) is 0 Å². The van der Waals surface area contributed by atoms with Crippen LogP contribution in [0.5, 0.6) is 5.75 Å². The molecule has 0 radical (unpaired) electrons. The second-order valence-electron chi connectivity index (χ2n) is 7.28. The Balaban J connectivity index is 1.55. The van der Waals surface area contributed by atoms with Crippen LogP contribution >= 0.6 is 24.0 Å². The van der Waals surface area contributed by atoms with E-state index in [-0.39, 0.29) is 11.9 Å². The Morgan fingerprint density at radius 2 is 1.94 bits per heavy atom. The Morgan fingerprint density at radius 1 is 1.16 bits per heavy atom. The van der Waals surface area contributed by atoms with E-state index in [4.69, 9.17) is 17.0 Å². The van der Waals surface area contributed by atoms with Crippen molar-refractivity contribution in [3.05, 3.63) is 95.3 Å². The fourth-order valence-electron chi connectivity index (χ4n) is 3.53. The normalized spacial score (nSPS) is 15.7. The number of nitrogens with one attached hydrogen (secondary N) is 1. The van der Waals surface area contributed by atoms with Crippen LogP contribution in [0.1, 0.15) is 29.7 Å². The summed E-state index contributed by atoms with van der Waals surface area (Å²) < 4.78 is 5.53. The standard InChI is InChI=1S/C25H23N3O2S2/c1-17(19-8-4-3-5-9-19)28-24(29)21(27-25(28)31)15-18-11-12-22(30-2)20(14-18)16-32-23-10-6-7-13-26-23/h3-15,17H,16H2,1-2H3,(H,27,31)/b21-15-. The number of pyridine rings is 1. The molecular formula is C25H23N3O2S2. The first-order chi connectivity index (χ1) is 15.6. The first-order valence-electron chi connectivity index (χ1n) is 10.2. The molecule has 1 N–H and O–H groups in total. The molecule has 1 aliphatic heterocycles. The van der Waals surface area contributed by atoms with Crippen LogP contribution in [0.15, 0.2) is 83.6 Å². The van der Waals surface area contributed by atoms with Gasteiger partial charge in [0.15, 0.2) is 5.11 Å². The summed E-state index contributed by atoms with van der Waals surface area (Å²) in [6.07, 6.45) is 3.61. The molecule has 1 aliphatic rings. The van der Waals surface area contributed by atoms with Crippen LogP contribution in [0.25, 0.3) is 6.08 Å². The third kappa shape index (κ3) is 4.84.